The number of esters is 1. The first-order chi connectivity index (χ1) is 13.6. The third-order valence-corrected chi connectivity index (χ3v) is 3.79. The lowest BCUT2D eigenvalue weighted by atomic mass is 10.1. The van der Waals surface area contributed by atoms with E-state index in [1.807, 2.05) is 0 Å². The summed E-state index contributed by atoms with van der Waals surface area (Å²) < 4.78 is 4.71. The summed E-state index contributed by atoms with van der Waals surface area (Å²) in [4.78, 5) is 32.4. The molecule has 0 aliphatic carbocycles. The highest BCUT2D eigenvalue weighted by Gasteiger charge is 2.15. The minimum Gasteiger partial charge on any atom is -0.465 e. The number of aromatic nitrogens is 2. The summed E-state index contributed by atoms with van der Waals surface area (Å²) in [7, 11) is 1.27. The number of nitriles is 1. The molecule has 0 saturated heterocycles. The summed E-state index contributed by atoms with van der Waals surface area (Å²) in [6.45, 7) is 0. The summed E-state index contributed by atoms with van der Waals surface area (Å²) in [5, 5.41) is 14.7. The second-order valence-electron chi connectivity index (χ2n) is 5.57. The zero-order chi connectivity index (χ0) is 19.9. The topological polar surface area (TPSA) is 117 Å². The molecule has 2 N–H and O–H groups in total. The molecule has 28 heavy (non-hydrogen) atoms. The van der Waals surface area contributed by atoms with Crippen LogP contribution in [0.4, 0.5) is 17.3 Å². The molecule has 0 bridgehead atoms. The largest absolute Gasteiger partial charge is 0.465 e. The molecule has 8 heteroatoms. The van der Waals surface area contributed by atoms with Gasteiger partial charge in [0.15, 0.2) is 0 Å². The number of hydrogen-bond donors (Lipinski definition) is 2. The van der Waals surface area contributed by atoms with Gasteiger partial charge < -0.3 is 15.4 Å². The highest BCUT2D eigenvalue weighted by atomic mass is 16.5. The lowest BCUT2D eigenvalue weighted by molar-refractivity contribution is 0.0602. The van der Waals surface area contributed by atoms with Crippen LogP contribution in [0.2, 0.25) is 0 Å². The SMILES string of the molecule is COC(=O)c1ccccc1NC(=O)c1cnc(Nc2ccccc2C#N)nc1. The van der Waals surface area contributed by atoms with E-state index in [1.54, 1.807) is 48.5 Å². The van der Waals surface area contributed by atoms with Crippen molar-refractivity contribution >= 4 is 29.2 Å². The normalized spacial score (nSPS) is 9.86. The van der Waals surface area contributed by atoms with Crippen LogP contribution in [0, 0.1) is 11.3 Å². The van der Waals surface area contributed by atoms with Crippen molar-refractivity contribution in [2.45, 2.75) is 0 Å². The zero-order valence-electron chi connectivity index (χ0n) is 14.8. The predicted molar refractivity (Wildman–Crippen MR) is 102 cm³/mol. The van der Waals surface area contributed by atoms with Gasteiger partial charge in [0.2, 0.25) is 5.95 Å². The van der Waals surface area contributed by atoms with E-state index in [2.05, 4.69) is 26.7 Å². The lowest BCUT2D eigenvalue weighted by Crippen LogP contribution is -2.16. The highest BCUT2D eigenvalue weighted by molar-refractivity contribution is 6.07. The molecule has 0 aliphatic rings. The van der Waals surface area contributed by atoms with Crippen molar-refractivity contribution in [2.24, 2.45) is 0 Å². The van der Waals surface area contributed by atoms with Gasteiger partial charge in [0.1, 0.15) is 6.07 Å². The van der Waals surface area contributed by atoms with Gasteiger partial charge in [0, 0.05) is 12.4 Å². The van der Waals surface area contributed by atoms with E-state index in [0.717, 1.165) is 0 Å². The fourth-order valence-electron chi connectivity index (χ4n) is 2.39. The van der Waals surface area contributed by atoms with Gasteiger partial charge in [-0.05, 0) is 24.3 Å². The molecule has 0 saturated carbocycles. The summed E-state index contributed by atoms with van der Waals surface area (Å²) in [5.74, 6) is -0.780. The maximum atomic E-state index is 12.4. The Kier molecular flexibility index (Phi) is 5.58. The van der Waals surface area contributed by atoms with Gasteiger partial charge >= 0.3 is 5.97 Å². The van der Waals surface area contributed by atoms with Gasteiger partial charge in [-0.3, -0.25) is 4.79 Å². The van der Waals surface area contributed by atoms with Gasteiger partial charge in [0.05, 0.1) is 35.2 Å². The van der Waals surface area contributed by atoms with E-state index < -0.39 is 11.9 Å². The van der Waals surface area contributed by atoms with Gasteiger partial charge in [-0.1, -0.05) is 24.3 Å². The third kappa shape index (κ3) is 4.11. The van der Waals surface area contributed by atoms with Crippen LogP contribution in [0.5, 0.6) is 0 Å². The molecule has 0 spiro atoms. The lowest BCUT2D eigenvalue weighted by Gasteiger charge is -2.10. The Bertz CT molecular complexity index is 1060. The molecule has 1 amide bonds. The average Bonchev–Trinajstić information content (AvgIpc) is 2.74. The van der Waals surface area contributed by atoms with E-state index in [0.29, 0.717) is 16.9 Å². The molecule has 0 unspecified atom stereocenters. The molecule has 1 heterocycles. The van der Waals surface area contributed by atoms with Crippen LogP contribution in [0.25, 0.3) is 0 Å². The number of methoxy groups -OCH3 is 1. The number of ether oxygens (including phenoxy) is 1. The molecule has 0 radical (unpaired) electrons. The van der Waals surface area contributed by atoms with Gasteiger partial charge in [-0.25, -0.2) is 14.8 Å². The molecule has 1 aromatic heterocycles. The molecular weight excluding hydrogens is 358 g/mol. The number of hydrogen-bond acceptors (Lipinski definition) is 7. The Morgan fingerprint density at radius 2 is 1.64 bits per heavy atom. The number of nitrogens with zero attached hydrogens (tertiary/aromatic N) is 3. The summed E-state index contributed by atoms with van der Waals surface area (Å²) in [6, 6.07) is 15.5. The molecule has 8 nitrogen and oxygen atoms in total. The van der Waals surface area contributed by atoms with E-state index in [-0.39, 0.29) is 17.1 Å². The van der Waals surface area contributed by atoms with Crippen LogP contribution in [0.15, 0.2) is 60.9 Å². The molecule has 3 rings (SSSR count). The fourth-order valence-corrected chi connectivity index (χ4v) is 2.39. The van der Waals surface area contributed by atoms with Crippen LogP contribution in [-0.4, -0.2) is 29.0 Å². The van der Waals surface area contributed by atoms with Crippen LogP contribution in [-0.2, 0) is 4.74 Å². The zero-order valence-corrected chi connectivity index (χ0v) is 14.8. The van der Waals surface area contributed by atoms with Crippen molar-refractivity contribution in [3.8, 4) is 6.07 Å². The second-order valence-corrected chi connectivity index (χ2v) is 5.57. The van der Waals surface area contributed by atoms with E-state index in [1.165, 1.54) is 19.5 Å². The van der Waals surface area contributed by atoms with Crippen molar-refractivity contribution < 1.29 is 14.3 Å². The number of carbonyl (C=O) groups is 2. The summed E-state index contributed by atoms with van der Waals surface area (Å²) in [5.41, 5.74) is 1.79. The molecule has 138 valence electrons. The van der Waals surface area contributed by atoms with Crippen molar-refractivity contribution in [1.82, 2.24) is 9.97 Å². The third-order valence-electron chi connectivity index (χ3n) is 3.79. The van der Waals surface area contributed by atoms with E-state index in [4.69, 9.17) is 10.00 Å². The Labute approximate surface area is 160 Å². The standard InChI is InChI=1S/C20H15N5O3/c1-28-19(27)15-7-3-5-9-17(15)24-18(26)14-11-22-20(23-12-14)25-16-8-4-2-6-13(16)10-21/h2-9,11-12H,1H3,(H,24,26)(H,22,23,25). The second kappa shape index (κ2) is 8.42. The van der Waals surface area contributed by atoms with Crippen molar-refractivity contribution in [1.29, 1.82) is 5.26 Å². The van der Waals surface area contributed by atoms with Crippen LogP contribution in [0.1, 0.15) is 26.3 Å². The number of para-hydroxylation sites is 2. The Balaban J connectivity index is 1.75. The molecule has 0 fully saturated rings. The molecule has 3 aromatic rings. The Morgan fingerprint density at radius 3 is 2.32 bits per heavy atom. The minimum atomic E-state index is -0.553. The first-order valence-corrected chi connectivity index (χ1v) is 8.19. The quantitative estimate of drug-likeness (QED) is 0.660. The maximum Gasteiger partial charge on any atom is 0.339 e. The number of nitrogens with one attached hydrogen (secondary N) is 2. The summed E-state index contributed by atoms with van der Waals surface area (Å²) in [6.07, 6.45) is 2.70. The number of anilines is 3. The first-order valence-electron chi connectivity index (χ1n) is 8.19. The van der Waals surface area contributed by atoms with E-state index >= 15 is 0 Å². The van der Waals surface area contributed by atoms with Gasteiger partial charge in [-0.2, -0.15) is 5.26 Å². The Hall–Kier alpha value is -4.25. The molecule has 0 aliphatic heterocycles. The first kappa shape index (κ1) is 18.5. The number of carbonyl (C=O) groups excluding carboxylic acids is 2. The molecule has 2 aromatic carbocycles. The summed E-state index contributed by atoms with van der Waals surface area (Å²) >= 11 is 0. The fraction of sp³-hybridized carbons (Fsp3) is 0.0500. The van der Waals surface area contributed by atoms with Crippen molar-refractivity contribution in [2.75, 3.05) is 17.7 Å². The van der Waals surface area contributed by atoms with Crippen molar-refractivity contribution in [3.05, 3.63) is 77.6 Å². The number of amides is 1. The minimum absolute atomic E-state index is 0.207. The number of rotatable bonds is 5. The molecular formula is C20H15N5O3. The monoisotopic (exact) mass is 373 g/mol. The van der Waals surface area contributed by atoms with Crippen LogP contribution in [0.3, 0.4) is 0 Å². The van der Waals surface area contributed by atoms with Crippen LogP contribution < -0.4 is 10.6 Å². The van der Waals surface area contributed by atoms with Crippen LogP contribution >= 0.6 is 0 Å². The van der Waals surface area contributed by atoms with E-state index in [9.17, 15) is 9.59 Å². The number of benzene rings is 2. The highest BCUT2D eigenvalue weighted by Crippen LogP contribution is 2.19. The Morgan fingerprint density at radius 1 is 1.00 bits per heavy atom. The molecule has 0 atom stereocenters. The van der Waals surface area contributed by atoms with Gasteiger partial charge in [0.25, 0.3) is 5.91 Å². The maximum absolute atomic E-state index is 12.4. The van der Waals surface area contributed by atoms with Gasteiger partial charge in [-0.15, -0.1) is 0 Å². The van der Waals surface area contributed by atoms with Crippen molar-refractivity contribution in [3.63, 3.8) is 0 Å². The smallest absolute Gasteiger partial charge is 0.339 e. The average molecular weight is 373 g/mol. The predicted octanol–water partition coefficient (Wildman–Crippen LogP) is 3.13.